The van der Waals surface area contributed by atoms with Crippen molar-refractivity contribution in [2.75, 3.05) is 26.2 Å². The predicted molar refractivity (Wildman–Crippen MR) is 138 cm³/mol. The molecule has 33 heavy (non-hydrogen) atoms. The Hall–Kier alpha value is -2.63. The van der Waals surface area contributed by atoms with E-state index in [0.717, 1.165) is 49.4 Å². The van der Waals surface area contributed by atoms with E-state index in [-0.39, 0.29) is 16.9 Å². The van der Waals surface area contributed by atoms with Crippen molar-refractivity contribution < 1.29 is 9.53 Å². The molecule has 1 amide bonds. The summed E-state index contributed by atoms with van der Waals surface area (Å²) in [7, 11) is 0. The first-order valence-corrected chi connectivity index (χ1v) is 11.9. The third kappa shape index (κ3) is 8.34. The monoisotopic (exact) mass is 454 g/mol. The van der Waals surface area contributed by atoms with E-state index in [1.807, 2.05) is 19.3 Å². The molecular weight excluding hydrogens is 412 g/mol. The van der Waals surface area contributed by atoms with E-state index in [1.54, 1.807) is 11.1 Å². The van der Waals surface area contributed by atoms with Gasteiger partial charge in [-0.15, -0.1) is 0 Å². The van der Waals surface area contributed by atoms with Crippen LogP contribution in [0.15, 0.2) is 57.5 Å². The topological polar surface area (TPSA) is 57.5 Å². The van der Waals surface area contributed by atoms with E-state index in [0.29, 0.717) is 13.2 Å². The first-order valence-electron chi connectivity index (χ1n) is 11.9. The quantitative estimate of drug-likeness (QED) is 0.440. The Bertz CT molecular complexity index is 869. The van der Waals surface area contributed by atoms with E-state index >= 15 is 0 Å². The summed E-state index contributed by atoms with van der Waals surface area (Å²) < 4.78 is 5.67. The highest BCUT2D eigenvalue weighted by atomic mass is 16.6. The van der Waals surface area contributed by atoms with Crippen molar-refractivity contribution in [2.24, 2.45) is 20.8 Å². The number of nitrogens with zero attached hydrogens (tertiary/aromatic N) is 4. The minimum atomic E-state index is -0.310. The van der Waals surface area contributed by atoms with Crippen LogP contribution in [-0.4, -0.2) is 54.7 Å². The molecule has 1 unspecified atom stereocenters. The van der Waals surface area contributed by atoms with Crippen LogP contribution in [0.5, 0.6) is 0 Å². The van der Waals surface area contributed by atoms with Crippen LogP contribution >= 0.6 is 0 Å². The lowest BCUT2D eigenvalue weighted by molar-refractivity contribution is 0.103. The van der Waals surface area contributed by atoms with Crippen LogP contribution in [-0.2, 0) is 4.74 Å². The lowest BCUT2D eigenvalue weighted by atomic mass is 9.81. The van der Waals surface area contributed by atoms with E-state index in [2.05, 4.69) is 75.2 Å². The molecule has 0 aromatic heterocycles. The van der Waals surface area contributed by atoms with Gasteiger partial charge in [-0.1, -0.05) is 52.0 Å². The zero-order chi connectivity index (χ0) is 24.6. The van der Waals surface area contributed by atoms with E-state index < -0.39 is 0 Å². The number of cyclic esters (lactones) is 1. The molecule has 0 radical (unpaired) electrons. The second-order valence-corrected chi connectivity index (χ2v) is 10.7. The molecule has 0 aromatic rings. The first kappa shape index (κ1) is 26.6. The maximum Gasteiger partial charge on any atom is 0.414 e. The van der Waals surface area contributed by atoms with Gasteiger partial charge in [0.25, 0.3) is 0 Å². The van der Waals surface area contributed by atoms with Gasteiger partial charge in [-0.05, 0) is 51.5 Å². The van der Waals surface area contributed by atoms with Gasteiger partial charge in [0.1, 0.15) is 0 Å². The molecule has 2 aliphatic heterocycles. The van der Waals surface area contributed by atoms with Gasteiger partial charge in [-0.2, -0.15) is 0 Å². The molecule has 2 rings (SSSR count). The second-order valence-electron chi connectivity index (χ2n) is 10.7. The van der Waals surface area contributed by atoms with Crippen LogP contribution in [0.4, 0.5) is 4.79 Å². The fraction of sp³-hybridized carbons (Fsp3) is 0.593. The molecule has 0 aliphatic carbocycles. The highest BCUT2D eigenvalue weighted by molar-refractivity contribution is 5.85. The minimum Gasteiger partial charge on any atom is -0.449 e. The standard InChI is InChI=1S/C27H42N4O2/c1-9-24(17-28-22(4)26(5,6)7)31-15-10-13-27(8,14-16-33-25(31)32)19-30-18-23(29-20-30)12-11-21(2)3/h9,11-12,17,20H,4,10,13-16,18-19H2,1-3,5-8H3/b23-12+,24-9+,28-17-. The molecule has 2 heterocycles. The number of ether oxygens (including phenoxy) is 1. The Balaban J connectivity index is 2.03. The fourth-order valence-corrected chi connectivity index (χ4v) is 3.76. The molecule has 182 valence electrons. The summed E-state index contributed by atoms with van der Waals surface area (Å²) in [5.41, 5.74) is 3.78. The molecule has 0 saturated carbocycles. The van der Waals surface area contributed by atoms with Gasteiger partial charge >= 0.3 is 6.09 Å². The zero-order valence-electron chi connectivity index (χ0n) is 21.6. The molecule has 2 aliphatic rings. The number of hydrogen-bond acceptors (Lipinski definition) is 5. The van der Waals surface area contributed by atoms with Gasteiger partial charge in [-0.3, -0.25) is 9.89 Å². The molecule has 1 atom stereocenters. The van der Waals surface area contributed by atoms with Gasteiger partial charge in [0, 0.05) is 24.2 Å². The van der Waals surface area contributed by atoms with Gasteiger partial charge in [0.05, 0.1) is 37.1 Å². The van der Waals surface area contributed by atoms with Gasteiger partial charge < -0.3 is 9.64 Å². The maximum atomic E-state index is 12.8. The summed E-state index contributed by atoms with van der Waals surface area (Å²) in [6.07, 6.45) is 12.2. The second kappa shape index (κ2) is 11.5. The Morgan fingerprint density at radius 3 is 2.70 bits per heavy atom. The lowest BCUT2D eigenvalue weighted by Crippen LogP contribution is -2.35. The van der Waals surface area contributed by atoms with Crippen molar-refractivity contribution >= 4 is 18.6 Å². The maximum absolute atomic E-state index is 12.8. The molecule has 6 nitrogen and oxygen atoms in total. The van der Waals surface area contributed by atoms with Crippen molar-refractivity contribution in [3.8, 4) is 0 Å². The number of hydrogen-bond donors (Lipinski definition) is 0. The number of carbonyl (C=O) groups excluding carboxylic acids is 1. The lowest BCUT2D eigenvalue weighted by Gasteiger charge is -2.33. The van der Waals surface area contributed by atoms with E-state index in [4.69, 9.17) is 4.74 Å². The molecule has 0 N–H and O–H groups in total. The van der Waals surface area contributed by atoms with E-state index in [1.165, 1.54) is 5.57 Å². The van der Waals surface area contributed by atoms with Crippen LogP contribution < -0.4 is 0 Å². The molecule has 6 heteroatoms. The van der Waals surface area contributed by atoms with E-state index in [9.17, 15) is 4.79 Å². The van der Waals surface area contributed by atoms with Crippen molar-refractivity contribution in [3.63, 3.8) is 0 Å². The van der Waals surface area contributed by atoms with Crippen LogP contribution in [0.1, 0.15) is 67.7 Å². The van der Waals surface area contributed by atoms with Gasteiger partial charge in [-0.25, -0.2) is 9.79 Å². The summed E-state index contributed by atoms with van der Waals surface area (Å²) in [6.45, 7) is 21.4. The number of aliphatic imine (C=N–C) groups is 2. The van der Waals surface area contributed by atoms with Crippen LogP contribution in [0.3, 0.4) is 0 Å². The average Bonchev–Trinajstić information content (AvgIpc) is 3.18. The number of rotatable bonds is 6. The molecule has 1 fully saturated rings. The number of allylic oxidation sites excluding steroid dienone is 6. The average molecular weight is 455 g/mol. The van der Waals surface area contributed by atoms with Crippen molar-refractivity contribution in [2.45, 2.75) is 67.7 Å². The highest BCUT2D eigenvalue weighted by Gasteiger charge is 2.31. The largest absolute Gasteiger partial charge is 0.449 e. The van der Waals surface area contributed by atoms with Crippen molar-refractivity contribution in [1.82, 2.24) is 9.80 Å². The first-order chi connectivity index (χ1) is 15.4. The number of amides is 1. The Labute approximate surface area is 200 Å². The predicted octanol–water partition coefficient (Wildman–Crippen LogP) is 6.34. The van der Waals surface area contributed by atoms with Crippen LogP contribution in [0.25, 0.3) is 0 Å². The summed E-state index contributed by atoms with van der Waals surface area (Å²) in [5.74, 6) is 0. The smallest absolute Gasteiger partial charge is 0.414 e. The molecule has 0 bridgehead atoms. The van der Waals surface area contributed by atoms with Crippen molar-refractivity contribution in [1.29, 1.82) is 0 Å². The molecule has 0 spiro atoms. The summed E-state index contributed by atoms with van der Waals surface area (Å²) >= 11 is 0. The Kier molecular flexibility index (Phi) is 9.26. The highest BCUT2D eigenvalue weighted by Crippen LogP contribution is 2.32. The van der Waals surface area contributed by atoms with Crippen LogP contribution in [0, 0.1) is 10.8 Å². The SMILES string of the molecule is C=C(/N=C\C(=C/C)N1CCCC(C)(CN2C=N/C(=C/C=C(C)C)C2)CCOC1=O)C(C)(C)C. The van der Waals surface area contributed by atoms with Gasteiger partial charge in [0.15, 0.2) is 0 Å². The normalized spacial score (nSPS) is 24.0. The third-order valence-corrected chi connectivity index (χ3v) is 6.09. The summed E-state index contributed by atoms with van der Waals surface area (Å²) in [4.78, 5) is 25.9. The molecule has 1 saturated heterocycles. The van der Waals surface area contributed by atoms with Crippen LogP contribution in [0.2, 0.25) is 0 Å². The summed E-state index contributed by atoms with van der Waals surface area (Å²) in [5, 5.41) is 0. The molecular formula is C27H42N4O2. The molecule has 0 aromatic carbocycles. The Morgan fingerprint density at radius 2 is 2.06 bits per heavy atom. The zero-order valence-corrected chi connectivity index (χ0v) is 21.6. The van der Waals surface area contributed by atoms with Crippen molar-refractivity contribution in [3.05, 3.63) is 47.5 Å². The fourth-order valence-electron chi connectivity index (χ4n) is 3.76. The summed E-state index contributed by atoms with van der Waals surface area (Å²) in [6, 6.07) is 0. The Morgan fingerprint density at radius 1 is 1.33 bits per heavy atom. The third-order valence-electron chi connectivity index (χ3n) is 6.09. The minimum absolute atomic E-state index is 0.0406. The van der Waals surface area contributed by atoms with Gasteiger partial charge in [0.2, 0.25) is 0 Å². The number of carbonyl (C=O) groups is 1.